The summed E-state index contributed by atoms with van der Waals surface area (Å²) in [6.45, 7) is 19.0. The zero-order valence-electron chi connectivity index (χ0n) is 14.4. The van der Waals surface area contributed by atoms with Gasteiger partial charge in [0.05, 0.1) is 0 Å². The molecule has 4 heteroatoms. The molecule has 0 aromatic heterocycles. The van der Waals surface area contributed by atoms with E-state index < -0.39 is 8.80 Å². The molecule has 0 aromatic carbocycles. The Morgan fingerprint density at radius 1 is 0.737 bits per heavy atom. The van der Waals surface area contributed by atoms with E-state index in [1.54, 1.807) is 0 Å². The van der Waals surface area contributed by atoms with Gasteiger partial charge in [-0.1, -0.05) is 20.8 Å². The average molecular weight is 291 g/mol. The summed E-state index contributed by atoms with van der Waals surface area (Å²) in [5.74, 6) is 0. The van der Waals surface area contributed by atoms with E-state index in [1.165, 1.54) is 0 Å². The highest BCUT2D eigenvalue weighted by Crippen LogP contribution is 2.30. The topological polar surface area (TPSA) is 27.7 Å². The minimum absolute atomic E-state index is 0.129. The maximum atomic E-state index is 6.15. The standard InChI is InChI=1S/C15H34O3Si/c1-12(2)16-19(17-13(3)4,18-14(5)6)11-10-15(7,8)9/h12-14H,10-11H2,1-9H3. The van der Waals surface area contributed by atoms with Gasteiger partial charge in [-0.25, -0.2) is 0 Å². The second kappa shape index (κ2) is 7.77. The second-order valence-electron chi connectivity index (χ2n) is 7.24. The third-order valence-corrected chi connectivity index (χ3v) is 5.78. The molecule has 0 heterocycles. The highest BCUT2D eigenvalue weighted by atomic mass is 28.4. The first kappa shape index (κ1) is 19.1. The van der Waals surface area contributed by atoms with E-state index in [0.29, 0.717) is 0 Å². The molecule has 0 bridgehead atoms. The van der Waals surface area contributed by atoms with E-state index in [1.807, 2.05) is 41.5 Å². The Hall–Kier alpha value is 0.0969. The van der Waals surface area contributed by atoms with E-state index in [2.05, 4.69) is 20.8 Å². The lowest BCUT2D eigenvalue weighted by molar-refractivity contribution is 0.00126. The zero-order chi connectivity index (χ0) is 15.3. The Morgan fingerprint density at radius 3 is 1.26 bits per heavy atom. The molecule has 0 spiro atoms. The fourth-order valence-electron chi connectivity index (χ4n) is 1.87. The maximum Gasteiger partial charge on any atom is 0.501 e. The first-order valence-corrected chi connectivity index (χ1v) is 9.42. The van der Waals surface area contributed by atoms with Crippen LogP contribution in [-0.2, 0) is 13.3 Å². The molecular weight excluding hydrogens is 256 g/mol. The third kappa shape index (κ3) is 9.60. The highest BCUT2D eigenvalue weighted by Gasteiger charge is 2.44. The molecule has 0 aliphatic rings. The Labute approximate surface area is 121 Å². The van der Waals surface area contributed by atoms with Crippen LogP contribution in [0.4, 0.5) is 0 Å². The molecule has 0 aromatic rings. The Kier molecular flexibility index (Phi) is 7.81. The monoisotopic (exact) mass is 290 g/mol. The van der Waals surface area contributed by atoms with Crippen LogP contribution < -0.4 is 0 Å². The number of hydrogen-bond donors (Lipinski definition) is 0. The molecule has 0 radical (unpaired) electrons. The molecule has 0 fully saturated rings. The lowest BCUT2D eigenvalue weighted by Gasteiger charge is -2.36. The van der Waals surface area contributed by atoms with Crippen molar-refractivity contribution in [3.05, 3.63) is 0 Å². The lowest BCUT2D eigenvalue weighted by atomic mass is 9.94. The van der Waals surface area contributed by atoms with Gasteiger partial charge in [0.2, 0.25) is 0 Å². The van der Waals surface area contributed by atoms with Gasteiger partial charge < -0.3 is 13.3 Å². The van der Waals surface area contributed by atoms with Crippen LogP contribution in [0.1, 0.15) is 68.7 Å². The summed E-state index contributed by atoms with van der Waals surface area (Å²) in [5.41, 5.74) is 0.263. The third-order valence-electron chi connectivity index (χ3n) is 2.43. The van der Waals surface area contributed by atoms with Gasteiger partial charge in [-0.05, 0) is 53.4 Å². The summed E-state index contributed by atoms with van der Waals surface area (Å²) in [6.07, 6.45) is 1.43. The summed E-state index contributed by atoms with van der Waals surface area (Å²) in [7, 11) is -2.59. The molecule has 0 N–H and O–H groups in total. The summed E-state index contributed by atoms with van der Waals surface area (Å²) in [4.78, 5) is 0. The summed E-state index contributed by atoms with van der Waals surface area (Å²) >= 11 is 0. The molecule has 0 unspecified atom stereocenters. The highest BCUT2D eigenvalue weighted by molar-refractivity contribution is 6.60. The predicted molar refractivity (Wildman–Crippen MR) is 83.3 cm³/mol. The maximum absolute atomic E-state index is 6.15. The molecule has 0 aliphatic carbocycles. The minimum atomic E-state index is -2.59. The van der Waals surface area contributed by atoms with Crippen molar-refractivity contribution >= 4 is 8.80 Å². The number of rotatable bonds is 8. The molecule has 0 saturated heterocycles. The summed E-state index contributed by atoms with van der Waals surface area (Å²) in [6, 6.07) is 0.880. The lowest BCUT2D eigenvalue weighted by Crippen LogP contribution is -2.51. The van der Waals surface area contributed by atoms with E-state index in [9.17, 15) is 0 Å². The molecule has 0 amide bonds. The molecule has 116 valence electrons. The van der Waals surface area contributed by atoms with Crippen LogP contribution in [0.15, 0.2) is 0 Å². The molecule has 0 rings (SSSR count). The Balaban J connectivity index is 4.98. The minimum Gasteiger partial charge on any atom is -0.371 e. The predicted octanol–water partition coefficient (Wildman–Crippen LogP) is 4.64. The van der Waals surface area contributed by atoms with Crippen LogP contribution in [0.3, 0.4) is 0 Å². The smallest absolute Gasteiger partial charge is 0.371 e. The molecule has 0 atom stereocenters. The summed E-state index contributed by atoms with van der Waals surface area (Å²) in [5, 5.41) is 0. The quantitative estimate of drug-likeness (QED) is 0.610. The fraction of sp³-hybridized carbons (Fsp3) is 1.00. The van der Waals surface area contributed by atoms with Crippen molar-refractivity contribution in [2.24, 2.45) is 5.41 Å². The van der Waals surface area contributed by atoms with Crippen LogP contribution in [0.2, 0.25) is 6.04 Å². The van der Waals surface area contributed by atoms with Crippen LogP contribution >= 0.6 is 0 Å². The van der Waals surface area contributed by atoms with Crippen LogP contribution in [-0.4, -0.2) is 27.1 Å². The zero-order valence-corrected chi connectivity index (χ0v) is 15.4. The van der Waals surface area contributed by atoms with Gasteiger partial charge >= 0.3 is 8.80 Å². The van der Waals surface area contributed by atoms with E-state index in [4.69, 9.17) is 13.3 Å². The average Bonchev–Trinajstić information content (AvgIpc) is 2.09. The first-order chi connectivity index (χ1) is 8.46. The fourth-order valence-corrected chi connectivity index (χ4v) is 5.60. The molecule has 0 saturated carbocycles. The first-order valence-electron chi connectivity index (χ1n) is 7.49. The van der Waals surface area contributed by atoms with Crippen molar-refractivity contribution < 1.29 is 13.3 Å². The van der Waals surface area contributed by atoms with Gasteiger partial charge in [0.15, 0.2) is 0 Å². The van der Waals surface area contributed by atoms with Crippen molar-refractivity contribution in [3.8, 4) is 0 Å². The molecule has 0 aliphatic heterocycles. The molecular formula is C15H34O3Si. The van der Waals surface area contributed by atoms with Crippen molar-refractivity contribution in [2.45, 2.75) is 93.1 Å². The van der Waals surface area contributed by atoms with E-state index >= 15 is 0 Å². The van der Waals surface area contributed by atoms with Crippen LogP contribution in [0.25, 0.3) is 0 Å². The van der Waals surface area contributed by atoms with Crippen LogP contribution in [0.5, 0.6) is 0 Å². The van der Waals surface area contributed by atoms with Gasteiger partial charge in [-0.15, -0.1) is 0 Å². The van der Waals surface area contributed by atoms with E-state index in [0.717, 1.165) is 12.5 Å². The normalized spacial score (nSPS) is 13.9. The van der Waals surface area contributed by atoms with Gasteiger partial charge in [0, 0.05) is 24.4 Å². The van der Waals surface area contributed by atoms with Crippen LogP contribution in [0, 0.1) is 5.41 Å². The SMILES string of the molecule is CC(C)O[Si](CCC(C)(C)C)(OC(C)C)OC(C)C. The Morgan fingerprint density at radius 2 is 1.05 bits per heavy atom. The Bertz CT molecular complexity index is 218. The van der Waals surface area contributed by atoms with Gasteiger partial charge in [-0.3, -0.25) is 0 Å². The molecule has 19 heavy (non-hydrogen) atoms. The van der Waals surface area contributed by atoms with Crippen molar-refractivity contribution in [3.63, 3.8) is 0 Å². The van der Waals surface area contributed by atoms with Crippen molar-refractivity contribution in [1.82, 2.24) is 0 Å². The van der Waals surface area contributed by atoms with Crippen molar-refractivity contribution in [1.29, 1.82) is 0 Å². The largest absolute Gasteiger partial charge is 0.501 e. The second-order valence-corrected chi connectivity index (χ2v) is 9.82. The van der Waals surface area contributed by atoms with Gasteiger partial charge in [0.25, 0.3) is 0 Å². The number of hydrogen-bond acceptors (Lipinski definition) is 3. The molecule has 3 nitrogen and oxygen atoms in total. The van der Waals surface area contributed by atoms with E-state index in [-0.39, 0.29) is 23.7 Å². The summed E-state index contributed by atoms with van der Waals surface area (Å²) < 4.78 is 18.4. The van der Waals surface area contributed by atoms with Gasteiger partial charge in [-0.2, -0.15) is 0 Å². The van der Waals surface area contributed by atoms with Crippen molar-refractivity contribution in [2.75, 3.05) is 0 Å². The van der Waals surface area contributed by atoms with Gasteiger partial charge in [0.1, 0.15) is 0 Å².